The van der Waals surface area contributed by atoms with Crippen LogP contribution in [-0.2, 0) is 19.6 Å². The number of sulfonamides is 1. The normalized spacial score (nSPS) is 16.2. The van der Waals surface area contributed by atoms with E-state index in [-0.39, 0.29) is 0 Å². The predicted molar refractivity (Wildman–Crippen MR) is 93.1 cm³/mol. The quantitative estimate of drug-likeness (QED) is 0.445. The molecular formula is C17H20N2O5S. The molecule has 0 radical (unpaired) electrons. The second-order valence-electron chi connectivity index (χ2n) is 5.90. The number of nitrogens with one attached hydrogen (secondary N) is 1. The fourth-order valence-electron chi connectivity index (χ4n) is 2.98. The summed E-state index contributed by atoms with van der Waals surface area (Å²) in [6, 6.07) is 10.9. The van der Waals surface area contributed by atoms with E-state index in [4.69, 9.17) is 9.94 Å². The number of carbonyl (C=O) groups is 1. The number of benzene rings is 2. The summed E-state index contributed by atoms with van der Waals surface area (Å²) in [7, 11) is -3.52. The molecule has 1 aliphatic rings. The zero-order chi connectivity index (χ0) is 18.0. The molecule has 0 spiro atoms. The zero-order valence-corrected chi connectivity index (χ0v) is 14.6. The lowest BCUT2D eigenvalue weighted by Gasteiger charge is -2.19. The second kappa shape index (κ2) is 6.99. The molecule has 25 heavy (non-hydrogen) atoms. The van der Waals surface area contributed by atoms with E-state index in [0.29, 0.717) is 36.6 Å². The highest BCUT2D eigenvalue weighted by Crippen LogP contribution is 2.41. The molecular weight excluding hydrogens is 344 g/mol. The molecule has 0 bridgehead atoms. The van der Waals surface area contributed by atoms with Gasteiger partial charge in [-0.2, -0.15) is 0 Å². The molecule has 1 amide bonds. The third-order valence-electron chi connectivity index (χ3n) is 4.28. The van der Waals surface area contributed by atoms with Gasteiger partial charge >= 0.3 is 0 Å². The Morgan fingerprint density at radius 1 is 1.24 bits per heavy atom. The first-order chi connectivity index (χ1) is 12.0. The molecule has 134 valence electrons. The van der Waals surface area contributed by atoms with Crippen molar-refractivity contribution in [1.82, 2.24) is 5.48 Å². The Bertz CT molecular complexity index is 892. The van der Waals surface area contributed by atoms with Crippen molar-refractivity contribution in [3.63, 3.8) is 0 Å². The van der Waals surface area contributed by atoms with E-state index in [1.165, 1.54) is 16.7 Å². The van der Waals surface area contributed by atoms with E-state index in [0.717, 1.165) is 10.8 Å². The second-order valence-corrected chi connectivity index (χ2v) is 7.74. The minimum absolute atomic E-state index is 0.305. The van der Waals surface area contributed by atoms with Crippen LogP contribution in [0.25, 0.3) is 10.8 Å². The van der Waals surface area contributed by atoms with Gasteiger partial charge in [-0.25, -0.2) is 13.9 Å². The number of amides is 1. The molecule has 0 aliphatic carbocycles. The molecule has 1 unspecified atom stereocenters. The van der Waals surface area contributed by atoms with Gasteiger partial charge in [-0.1, -0.05) is 24.3 Å². The van der Waals surface area contributed by atoms with E-state index in [2.05, 4.69) is 0 Å². The number of nitrogens with zero attached hydrogens (tertiary/aromatic N) is 1. The van der Waals surface area contributed by atoms with Gasteiger partial charge in [0.15, 0.2) is 0 Å². The average molecular weight is 364 g/mol. The van der Waals surface area contributed by atoms with Crippen molar-refractivity contribution in [3.05, 3.63) is 36.4 Å². The van der Waals surface area contributed by atoms with Gasteiger partial charge < -0.3 is 4.74 Å². The number of ether oxygens (including phenoxy) is 1. The van der Waals surface area contributed by atoms with Gasteiger partial charge in [-0.15, -0.1) is 0 Å². The highest BCUT2D eigenvalue weighted by atomic mass is 32.2. The number of unbranched alkanes of at least 4 members (excludes halogenated alkanes) is 1. The number of anilines is 1. The van der Waals surface area contributed by atoms with Crippen LogP contribution >= 0.6 is 0 Å². The molecule has 2 N–H and O–H groups in total. The summed E-state index contributed by atoms with van der Waals surface area (Å²) in [6.45, 7) is 2.19. The molecule has 2 aromatic carbocycles. The Balaban J connectivity index is 1.65. The van der Waals surface area contributed by atoms with Crippen molar-refractivity contribution in [2.75, 3.05) is 17.5 Å². The fourth-order valence-corrected chi connectivity index (χ4v) is 4.73. The maximum atomic E-state index is 12.8. The lowest BCUT2D eigenvalue weighted by Crippen LogP contribution is -2.32. The molecule has 0 aromatic heterocycles. The highest BCUT2D eigenvalue weighted by molar-refractivity contribution is 7.93. The molecule has 1 heterocycles. The van der Waals surface area contributed by atoms with Gasteiger partial charge in [-0.3, -0.25) is 14.3 Å². The van der Waals surface area contributed by atoms with Crippen LogP contribution in [0.2, 0.25) is 0 Å². The molecule has 7 nitrogen and oxygen atoms in total. The first-order valence-electron chi connectivity index (χ1n) is 8.07. The zero-order valence-electron chi connectivity index (χ0n) is 13.8. The average Bonchev–Trinajstić information content (AvgIpc) is 2.83. The van der Waals surface area contributed by atoms with Gasteiger partial charge in [0, 0.05) is 18.5 Å². The predicted octanol–water partition coefficient (Wildman–Crippen LogP) is 2.04. The third-order valence-corrected chi connectivity index (χ3v) is 6.14. The topological polar surface area (TPSA) is 95.9 Å². The number of rotatable bonds is 7. The standard InChI is InChI=1S/C17H20N2O5S/c1-12(17(20)18-21)24-11-3-2-10-19-14-8-4-6-13-7-5-9-15(16(13)14)25(19,22)23/h4-9,12,21H,2-3,10-11H2,1H3,(H,18,20). The Morgan fingerprint density at radius 2 is 1.96 bits per heavy atom. The van der Waals surface area contributed by atoms with Gasteiger partial charge in [0.1, 0.15) is 6.10 Å². The van der Waals surface area contributed by atoms with Crippen molar-refractivity contribution in [1.29, 1.82) is 0 Å². The number of hydrogen-bond donors (Lipinski definition) is 2. The van der Waals surface area contributed by atoms with Gasteiger partial charge in [0.05, 0.1) is 10.6 Å². The monoisotopic (exact) mass is 364 g/mol. The smallest absolute Gasteiger partial charge is 0.272 e. The first-order valence-corrected chi connectivity index (χ1v) is 9.51. The minimum Gasteiger partial charge on any atom is -0.369 e. The van der Waals surface area contributed by atoms with E-state index in [9.17, 15) is 13.2 Å². The first kappa shape index (κ1) is 17.7. The third kappa shape index (κ3) is 3.20. The Morgan fingerprint density at radius 3 is 2.68 bits per heavy atom. The minimum atomic E-state index is -3.52. The molecule has 0 saturated heterocycles. The Labute approximate surface area is 146 Å². The molecule has 3 rings (SSSR count). The van der Waals surface area contributed by atoms with Crippen molar-refractivity contribution in [3.8, 4) is 0 Å². The van der Waals surface area contributed by atoms with Crippen LogP contribution in [0.5, 0.6) is 0 Å². The van der Waals surface area contributed by atoms with Crippen LogP contribution < -0.4 is 9.79 Å². The largest absolute Gasteiger partial charge is 0.369 e. The van der Waals surface area contributed by atoms with Crippen LogP contribution in [-0.4, -0.2) is 38.8 Å². The lowest BCUT2D eigenvalue weighted by atomic mass is 10.1. The van der Waals surface area contributed by atoms with Gasteiger partial charge in [0.25, 0.3) is 15.9 Å². The summed E-state index contributed by atoms with van der Waals surface area (Å²) in [5.74, 6) is -0.607. The van der Waals surface area contributed by atoms with E-state index in [1.807, 2.05) is 24.3 Å². The SMILES string of the molecule is CC(OCCCCN1c2cccc3cccc(c23)S1(=O)=O)C(=O)NO. The molecule has 1 atom stereocenters. The summed E-state index contributed by atoms with van der Waals surface area (Å²) in [5, 5.41) is 10.2. The molecule has 2 aromatic rings. The van der Waals surface area contributed by atoms with Crippen LogP contribution in [0.3, 0.4) is 0 Å². The summed E-state index contributed by atoms with van der Waals surface area (Å²) >= 11 is 0. The Hall–Kier alpha value is -2.16. The maximum Gasteiger partial charge on any atom is 0.272 e. The highest BCUT2D eigenvalue weighted by Gasteiger charge is 2.34. The van der Waals surface area contributed by atoms with Gasteiger partial charge in [-0.05, 0) is 37.3 Å². The summed E-state index contributed by atoms with van der Waals surface area (Å²) in [6.07, 6.45) is 0.442. The summed E-state index contributed by atoms with van der Waals surface area (Å²) in [4.78, 5) is 11.5. The molecule has 8 heteroatoms. The summed E-state index contributed by atoms with van der Waals surface area (Å²) < 4.78 is 32.3. The Kier molecular flexibility index (Phi) is 4.94. The lowest BCUT2D eigenvalue weighted by molar-refractivity contribution is -0.140. The number of hydroxylamine groups is 1. The van der Waals surface area contributed by atoms with E-state index in [1.54, 1.807) is 12.1 Å². The van der Waals surface area contributed by atoms with E-state index < -0.39 is 22.0 Å². The van der Waals surface area contributed by atoms with Crippen molar-refractivity contribution in [2.24, 2.45) is 0 Å². The molecule has 1 aliphatic heterocycles. The van der Waals surface area contributed by atoms with Crippen molar-refractivity contribution < 1.29 is 23.2 Å². The van der Waals surface area contributed by atoms with Crippen LogP contribution in [0.4, 0.5) is 5.69 Å². The van der Waals surface area contributed by atoms with Gasteiger partial charge in [0.2, 0.25) is 0 Å². The molecule has 0 saturated carbocycles. The molecule has 0 fully saturated rings. The maximum absolute atomic E-state index is 12.8. The van der Waals surface area contributed by atoms with Crippen LogP contribution in [0.1, 0.15) is 19.8 Å². The van der Waals surface area contributed by atoms with Crippen molar-refractivity contribution in [2.45, 2.75) is 30.8 Å². The van der Waals surface area contributed by atoms with Crippen LogP contribution in [0, 0.1) is 0 Å². The number of hydrogen-bond acceptors (Lipinski definition) is 5. The van der Waals surface area contributed by atoms with Crippen LogP contribution in [0.15, 0.2) is 41.3 Å². The fraction of sp³-hybridized carbons (Fsp3) is 0.353. The van der Waals surface area contributed by atoms with E-state index >= 15 is 0 Å². The summed E-state index contributed by atoms with van der Waals surface area (Å²) in [5.41, 5.74) is 2.24. The number of carbonyl (C=O) groups excluding carboxylic acids is 1. The van der Waals surface area contributed by atoms with Crippen molar-refractivity contribution >= 4 is 32.4 Å².